The van der Waals surface area contributed by atoms with Crippen molar-refractivity contribution in [2.75, 3.05) is 4.90 Å². The fourth-order valence-electron chi connectivity index (χ4n) is 6.44. The van der Waals surface area contributed by atoms with Crippen LogP contribution in [-0.2, 0) is 0 Å². The summed E-state index contributed by atoms with van der Waals surface area (Å²) in [5.41, 5.74) is 8.94. The zero-order valence-electron chi connectivity index (χ0n) is 23.2. The van der Waals surface area contributed by atoms with Crippen LogP contribution in [0.1, 0.15) is 0 Å². The predicted molar refractivity (Wildman–Crippen MR) is 179 cm³/mol. The second-order valence-electron chi connectivity index (χ2n) is 10.9. The van der Waals surface area contributed by atoms with E-state index < -0.39 is 0 Å². The van der Waals surface area contributed by atoms with Crippen molar-refractivity contribution in [1.29, 1.82) is 0 Å². The number of rotatable bonds is 4. The number of anilines is 3. The van der Waals surface area contributed by atoms with Crippen molar-refractivity contribution in [2.45, 2.75) is 0 Å². The van der Waals surface area contributed by atoms with Gasteiger partial charge < -0.3 is 13.7 Å². The highest BCUT2D eigenvalue weighted by Gasteiger charge is 2.21. The molecule has 0 fully saturated rings. The minimum absolute atomic E-state index is 0.859. The molecule has 9 aromatic rings. The molecule has 202 valence electrons. The van der Waals surface area contributed by atoms with Gasteiger partial charge in [-0.2, -0.15) is 0 Å². The first kappa shape index (κ1) is 23.9. The van der Waals surface area contributed by atoms with Crippen molar-refractivity contribution < 1.29 is 8.83 Å². The number of benzene rings is 7. The molecule has 0 N–H and O–H groups in total. The summed E-state index contributed by atoms with van der Waals surface area (Å²) in [6.07, 6.45) is 0. The van der Waals surface area contributed by atoms with Crippen molar-refractivity contribution in [3.05, 3.63) is 152 Å². The molecule has 0 saturated heterocycles. The number of hydrogen-bond donors (Lipinski definition) is 0. The summed E-state index contributed by atoms with van der Waals surface area (Å²) < 4.78 is 12.9. The average Bonchev–Trinajstić information content (AvgIpc) is 3.65. The summed E-state index contributed by atoms with van der Waals surface area (Å²) in [5, 5.41) is 6.83. The van der Waals surface area contributed by atoms with E-state index in [0.717, 1.165) is 60.9 Å². The molecule has 3 heteroatoms. The molecule has 0 aliphatic carbocycles. The maximum atomic E-state index is 6.69. The van der Waals surface area contributed by atoms with Crippen LogP contribution >= 0.6 is 0 Å². The molecule has 2 heterocycles. The molecule has 0 amide bonds. The van der Waals surface area contributed by atoms with Gasteiger partial charge in [-0.15, -0.1) is 0 Å². The van der Waals surface area contributed by atoms with Gasteiger partial charge in [0.05, 0.1) is 5.69 Å². The first-order valence-corrected chi connectivity index (χ1v) is 14.5. The minimum Gasteiger partial charge on any atom is -0.456 e. The number of para-hydroxylation sites is 2. The molecule has 0 saturated carbocycles. The van der Waals surface area contributed by atoms with Gasteiger partial charge in [-0.3, -0.25) is 0 Å². The van der Waals surface area contributed by atoms with Gasteiger partial charge in [0.1, 0.15) is 16.7 Å². The standard InChI is InChI=1S/C40H25NO2/c1-2-9-26(10-3-1)27-17-20-29(21-18-27)41(30-22-24-37-34(25-30)32-13-6-7-16-36(32)42-37)35-15-8-14-33-39-31-12-5-4-11-28(31)19-23-38(39)43-40(33)35/h1-25H. The molecular formula is C40H25NO2. The molecule has 7 aromatic carbocycles. The highest BCUT2D eigenvalue weighted by molar-refractivity contribution is 6.21. The fraction of sp³-hybridized carbons (Fsp3) is 0. The molecule has 0 aliphatic rings. The van der Waals surface area contributed by atoms with E-state index >= 15 is 0 Å². The summed E-state index contributed by atoms with van der Waals surface area (Å²) in [6.45, 7) is 0. The van der Waals surface area contributed by atoms with Gasteiger partial charge >= 0.3 is 0 Å². The molecule has 0 spiro atoms. The molecule has 0 unspecified atom stereocenters. The molecule has 43 heavy (non-hydrogen) atoms. The van der Waals surface area contributed by atoms with Crippen LogP contribution in [-0.4, -0.2) is 0 Å². The lowest BCUT2D eigenvalue weighted by Gasteiger charge is -2.26. The molecule has 3 nitrogen and oxygen atoms in total. The Morgan fingerprint density at radius 3 is 1.95 bits per heavy atom. The van der Waals surface area contributed by atoms with E-state index in [2.05, 4.69) is 138 Å². The highest BCUT2D eigenvalue weighted by Crippen LogP contribution is 2.45. The van der Waals surface area contributed by atoms with Crippen molar-refractivity contribution in [3.63, 3.8) is 0 Å². The lowest BCUT2D eigenvalue weighted by atomic mass is 10.0. The van der Waals surface area contributed by atoms with Gasteiger partial charge in [0.15, 0.2) is 5.58 Å². The minimum atomic E-state index is 0.859. The maximum absolute atomic E-state index is 6.69. The maximum Gasteiger partial charge on any atom is 0.159 e. The summed E-state index contributed by atoms with van der Waals surface area (Å²) >= 11 is 0. The summed E-state index contributed by atoms with van der Waals surface area (Å²) in [5.74, 6) is 0. The topological polar surface area (TPSA) is 29.5 Å². The van der Waals surface area contributed by atoms with E-state index in [1.807, 2.05) is 18.2 Å². The van der Waals surface area contributed by atoms with Crippen LogP contribution in [0.4, 0.5) is 17.1 Å². The molecular weight excluding hydrogens is 526 g/mol. The smallest absolute Gasteiger partial charge is 0.159 e. The lowest BCUT2D eigenvalue weighted by Crippen LogP contribution is -2.10. The third-order valence-corrected chi connectivity index (χ3v) is 8.46. The molecule has 0 atom stereocenters. The van der Waals surface area contributed by atoms with Crippen LogP contribution in [0.3, 0.4) is 0 Å². The van der Waals surface area contributed by atoms with Crippen molar-refractivity contribution in [1.82, 2.24) is 0 Å². The molecule has 0 radical (unpaired) electrons. The molecule has 9 rings (SSSR count). The molecule has 0 bridgehead atoms. The van der Waals surface area contributed by atoms with E-state index in [0.29, 0.717) is 0 Å². The van der Waals surface area contributed by atoms with Crippen molar-refractivity contribution in [3.8, 4) is 11.1 Å². The van der Waals surface area contributed by atoms with Gasteiger partial charge in [-0.25, -0.2) is 0 Å². The summed E-state index contributed by atoms with van der Waals surface area (Å²) in [7, 11) is 0. The fourth-order valence-corrected chi connectivity index (χ4v) is 6.44. The van der Waals surface area contributed by atoms with Gasteiger partial charge in [0.2, 0.25) is 0 Å². The Labute approximate surface area is 247 Å². The average molecular weight is 552 g/mol. The highest BCUT2D eigenvalue weighted by atomic mass is 16.3. The Balaban J connectivity index is 1.30. The number of furan rings is 2. The molecule has 0 aliphatic heterocycles. The number of hydrogen-bond acceptors (Lipinski definition) is 3. The third kappa shape index (κ3) is 3.75. The SMILES string of the molecule is c1ccc(-c2ccc(N(c3ccc4oc5ccccc5c4c3)c3cccc4c3oc3ccc5ccccc5c34)cc2)cc1. The number of nitrogens with zero attached hydrogens (tertiary/aromatic N) is 1. The van der Waals surface area contributed by atoms with Crippen LogP contribution in [0.2, 0.25) is 0 Å². The first-order chi connectivity index (χ1) is 21.3. The van der Waals surface area contributed by atoms with Crippen LogP contribution in [0.5, 0.6) is 0 Å². The van der Waals surface area contributed by atoms with E-state index in [9.17, 15) is 0 Å². The first-order valence-electron chi connectivity index (χ1n) is 14.5. The Morgan fingerprint density at radius 2 is 1.07 bits per heavy atom. The van der Waals surface area contributed by atoms with Crippen molar-refractivity contribution in [2.24, 2.45) is 0 Å². The van der Waals surface area contributed by atoms with Crippen LogP contribution in [0.25, 0.3) is 65.8 Å². The third-order valence-electron chi connectivity index (χ3n) is 8.46. The van der Waals surface area contributed by atoms with E-state index in [1.54, 1.807) is 0 Å². The lowest BCUT2D eigenvalue weighted by molar-refractivity contribution is 0.669. The van der Waals surface area contributed by atoms with E-state index in [4.69, 9.17) is 8.83 Å². The Kier molecular flexibility index (Phi) is 5.20. The van der Waals surface area contributed by atoms with Gasteiger partial charge in [0, 0.05) is 32.9 Å². The Bertz CT molecular complexity index is 2450. The van der Waals surface area contributed by atoms with Gasteiger partial charge in [-0.05, 0) is 70.4 Å². The van der Waals surface area contributed by atoms with Crippen molar-refractivity contribution >= 4 is 71.7 Å². The second-order valence-corrected chi connectivity index (χ2v) is 10.9. The van der Waals surface area contributed by atoms with Crippen LogP contribution in [0, 0.1) is 0 Å². The summed E-state index contributed by atoms with van der Waals surface area (Å²) in [6, 6.07) is 53.1. The normalized spacial score (nSPS) is 11.7. The predicted octanol–water partition coefficient (Wildman–Crippen LogP) is 11.8. The summed E-state index contributed by atoms with van der Waals surface area (Å²) in [4.78, 5) is 2.29. The zero-order valence-corrected chi connectivity index (χ0v) is 23.2. The van der Waals surface area contributed by atoms with E-state index in [1.165, 1.54) is 21.9 Å². The zero-order chi connectivity index (χ0) is 28.3. The Morgan fingerprint density at radius 1 is 0.395 bits per heavy atom. The van der Waals surface area contributed by atoms with Gasteiger partial charge in [-0.1, -0.05) is 103 Å². The molecule has 2 aromatic heterocycles. The largest absolute Gasteiger partial charge is 0.456 e. The second kappa shape index (κ2) is 9.37. The number of fused-ring (bicyclic) bond motifs is 8. The monoisotopic (exact) mass is 551 g/mol. The van der Waals surface area contributed by atoms with E-state index in [-0.39, 0.29) is 0 Å². The van der Waals surface area contributed by atoms with Crippen LogP contribution in [0.15, 0.2) is 160 Å². The quantitative estimate of drug-likeness (QED) is 0.218. The van der Waals surface area contributed by atoms with Gasteiger partial charge in [0.25, 0.3) is 0 Å². The Hall–Kier alpha value is -5.80. The van der Waals surface area contributed by atoms with Crippen LogP contribution < -0.4 is 4.90 Å².